The van der Waals surface area contributed by atoms with E-state index in [0.29, 0.717) is 16.9 Å². The van der Waals surface area contributed by atoms with E-state index in [-0.39, 0.29) is 11.9 Å². The van der Waals surface area contributed by atoms with E-state index >= 15 is 0 Å². The highest BCUT2D eigenvalue weighted by Gasteiger charge is 2.23. The molecule has 2 N–H and O–H groups in total. The minimum absolute atomic E-state index is 0.0526. The third-order valence-electron chi connectivity index (χ3n) is 6.31. The van der Waals surface area contributed by atoms with Gasteiger partial charge in [-0.15, -0.1) is 5.10 Å². The summed E-state index contributed by atoms with van der Waals surface area (Å²) in [6.07, 6.45) is 2.11. The summed E-state index contributed by atoms with van der Waals surface area (Å²) in [5.41, 5.74) is 4.87. The molecule has 0 spiro atoms. The number of rotatable bonds is 5. The molecule has 7 nitrogen and oxygen atoms in total. The Morgan fingerprint density at radius 1 is 1.16 bits per heavy atom. The quantitative estimate of drug-likeness (QED) is 0.618. The van der Waals surface area contributed by atoms with Crippen LogP contribution in [0.1, 0.15) is 58.5 Å². The number of nitrogens with zero attached hydrogens (tertiary/aromatic N) is 4. The molecule has 3 aromatic rings. The van der Waals surface area contributed by atoms with Gasteiger partial charge in [0.25, 0.3) is 5.91 Å². The fraction of sp³-hybridized carbons (Fsp3) is 0.360. The van der Waals surface area contributed by atoms with Crippen molar-refractivity contribution in [3.8, 4) is 6.07 Å². The summed E-state index contributed by atoms with van der Waals surface area (Å²) in [5, 5.41) is 26.6. The summed E-state index contributed by atoms with van der Waals surface area (Å²) in [5.74, 6) is 0.702. The number of anilines is 2. The second-order valence-electron chi connectivity index (χ2n) is 8.32. The molecule has 0 aliphatic carbocycles. The summed E-state index contributed by atoms with van der Waals surface area (Å²) in [7, 11) is 1.83. The van der Waals surface area contributed by atoms with Crippen LogP contribution in [0.3, 0.4) is 0 Å². The molecule has 0 radical (unpaired) electrons. The number of hydrogen-bond acceptors (Lipinski definition) is 6. The number of carbonyl (C=O) groups is 1. The summed E-state index contributed by atoms with van der Waals surface area (Å²) >= 11 is 0. The maximum absolute atomic E-state index is 13.1. The fourth-order valence-corrected chi connectivity index (χ4v) is 4.44. The molecule has 0 bridgehead atoms. The van der Waals surface area contributed by atoms with Crippen molar-refractivity contribution in [3.63, 3.8) is 0 Å². The average Bonchev–Trinajstić information content (AvgIpc) is 3.35. The SMILES string of the molecule is CNc1cc2c(NC(C)c3cccc(C#N)c3C)nnc(C)c2cc1C(=O)N1CCCC1. The van der Waals surface area contributed by atoms with Gasteiger partial charge in [0, 0.05) is 36.6 Å². The molecule has 1 atom stereocenters. The maximum atomic E-state index is 13.1. The Hall–Kier alpha value is -3.66. The first kappa shape index (κ1) is 21.6. The van der Waals surface area contributed by atoms with Gasteiger partial charge >= 0.3 is 0 Å². The number of hydrogen-bond donors (Lipinski definition) is 2. The molecule has 1 aliphatic rings. The van der Waals surface area contributed by atoms with Crippen molar-refractivity contribution >= 4 is 28.2 Å². The Morgan fingerprint density at radius 2 is 1.91 bits per heavy atom. The lowest BCUT2D eigenvalue weighted by atomic mass is 9.98. The van der Waals surface area contributed by atoms with Crippen molar-refractivity contribution in [2.45, 2.75) is 39.7 Å². The molecule has 1 aliphatic heterocycles. The molecule has 32 heavy (non-hydrogen) atoms. The normalized spacial score (nSPS) is 14.3. The zero-order chi connectivity index (χ0) is 22.8. The third-order valence-corrected chi connectivity index (χ3v) is 6.31. The van der Waals surface area contributed by atoms with Gasteiger partial charge in [0.05, 0.1) is 28.9 Å². The Bertz CT molecular complexity index is 1220. The van der Waals surface area contributed by atoms with Crippen molar-refractivity contribution in [3.05, 3.63) is 58.3 Å². The first-order valence-electron chi connectivity index (χ1n) is 11.0. The molecule has 7 heteroatoms. The van der Waals surface area contributed by atoms with E-state index in [0.717, 1.165) is 59.2 Å². The van der Waals surface area contributed by atoms with Crippen LogP contribution in [-0.4, -0.2) is 41.1 Å². The highest BCUT2D eigenvalue weighted by atomic mass is 16.2. The van der Waals surface area contributed by atoms with Crippen molar-refractivity contribution in [2.75, 3.05) is 30.8 Å². The number of amides is 1. The molecular weight excluding hydrogens is 400 g/mol. The Labute approximate surface area is 188 Å². The van der Waals surface area contributed by atoms with Crippen LogP contribution in [0.15, 0.2) is 30.3 Å². The zero-order valence-electron chi connectivity index (χ0n) is 19.0. The molecule has 1 saturated heterocycles. The molecular formula is C25H28N6O. The first-order valence-corrected chi connectivity index (χ1v) is 11.0. The van der Waals surface area contributed by atoms with Crippen LogP contribution >= 0.6 is 0 Å². The Balaban J connectivity index is 1.76. The number of aromatic nitrogens is 2. The van der Waals surface area contributed by atoms with E-state index in [4.69, 9.17) is 0 Å². The van der Waals surface area contributed by atoms with Crippen molar-refractivity contribution < 1.29 is 4.79 Å². The highest BCUT2D eigenvalue weighted by molar-refractivity contribution is 6.06. The van der Waals surface area contributed by atoms with E-state index in [9.17, 15) is 10.1 Å². The largest absolute Gasteiger partial charge is 0.387 e. The number of likely N-dealkylation sites (tertiary alicyclic amines) is 1. The van der Waals surface area contributed by atoms with Crippen LogP contribution < -0.4 is 10.6 Å². The monoisotopic (exact) mass is 428 g/mol. The minimum Gasteiger partial charge on any atom is -0.387 e. The van der Waals surface area contributed by atoms with Crippen LogP contribution in [-0.2, 0) is 0 Å². The van der Waals surface area contributed by atoms with Gasteiger partial charge in [0.1, 0.15) is 0 Å². The number of fused-ring (bicyclic) bond motifs is 1. The molecule has 1 fully saturated rings. The second-order valence-corrected chi connectivity index (χ2v) is 8.32. The second kappa shape index (κ2) is 8.83. The molecule has 164 valence electrons. The van der Waals surface area contributed by atoms with Crippen molar-refractivity contribution in [1.29, 1.82) is 5.26 Å². The number of aryl methyl sites for hydroxylation is 1. The lowest BCUT2D eigenvalue weighted by Gasteiger charge is -2.21. The van der Waals surface area contributed by atoms with E-state index < -0.39 is 0 Å². The molecule has 4 rings (SSSR count). The van der Waals surface area contributed by atoms with Crippen LogP contribution in [0.5, 0.6) is 0 Å². The third kappa shape index (κ3) is 3.84. The van der Waals surface area contributed by atoms with Gasteiger partial charge < -0.3 is 15.5 Å². The molecule has 1 amide bonds. The van der Waals surface area contributed by atoms with Gasteiger partial charge in [-0.05, 0) is 62.9 Å². The minimum atomic E-state index is -0.0764. The summed E-state index contributed by atoms with van der Waals surface area (Å²) in [4.78, 5) is 15.0. The van der Waals surface area contributed by atoms with Gasteiger partial charge in [-0.3, -0.25) is 4.79 Å². The van der Waals surface area contributed by atoms with Crippen LogP contribution in [0.25, 0.3) is 10.8 Å². The standard InChI is InChI=1S/C25H28N6O/c1-15-18(14-26)8-7-9-19(15)16(2)28-24-21-13-23(27-4)22(12-20(21)17(3)29-30-24)25(32)31-10-5-6-11-31/h7-9,12-13,16,27H,5-6,10-11H2,1-4H3,(H,28,30). The summed E-state index contributed by atoms with van der Waals surface area (Å²) in [6, 6.07) is 11.8. The Morgan fingerprint density at radius 3 is 2.59 bits per heavy atom. The topological polar surface area (TPSA) is 93.9 Å². The predicted molar refractivity (Wildman–Crippen MR) is 127 cm³/mol. The van der Waals surface area contributed by atoms with E-state index in [1.54, 1.807) is 0 Å². The lowest BCUT2D eigenvalue weighted by Crippen LogP contribution is -2.28. The van der Waals surface area contributed by atoms with E-state index in [2.05, 4.69) is 26.9 Å². The molecule has 2 heterocycles. The van der Waals surface area contributed by atoms with Gasteiger partial charge in [-0.2, -0.15) is 10.4 Å². The van der Waals surface area contributed by atoms with Crippen LogP contribution in [0.2, 0.25) is 0 Å². The van der Waals surface area contributed by atoms with Crippen molar-refractivity contribution in [2.24, 2.45) is 0 Å². The summed E-state index contributed by atoms with van der Waals surface area (Å²) < 4.78 is 0. The van der Waals surface area contributed by atoms with Gasteiger partial charge in [0.2, 0.25) is 0 Å². The van der Waals surface area contributed by atoms with Gasteiger partial charge in [0.15, 0.2) is 5.82 Å². The summed E-state index contributed by atoms with van der Waals surface area (Å²) in [6.45, 7) is 7.52. The number of nitriles is 1. The van der Waals surface area contributed by atoms with Gasteiger partial charge in [-0.25, -0.2) is 0 Å². The van der Waals surface area contributed by atoms with Crippen LogP contribution in [0.4, 0.5) is 11.5 Å². The lowest BCUT2D eigenvalue weighted by molar-refractivity contribution is 0.0794. The average molecular weight is 429 g/mol. The van der Waals surface area contributed by atoms with Gasteiger partial charge in [-0.1, -0.05) is 12.1 Å². The Kier molecular flexibility index (Phi) is 5.95. The fourth-order valence-electron chi connectivity index (χ4n) is 4.44. The smallest absolute Gasteiger partial charge is 0.255 e. The number of nitrogens with one attached hydrogen (secondary N) is 2. The van der Waals surface area contributed by atoms with E-state index in [1.165, 1.54) is 0 Å². The molecule has 1 unspecified atom stereocenters. The highest BCUT2D eigenvalue weighted by Crippen LogP contribution is 2.33. The molecule has 1 aromatic heterocycles. The molecule has 0 saturated carbocycles. The number of carbonyl (C=O) groups excluding carboxylic acids is 1. The first-order chi connectivity index (χ1) is 15.4. The van der Waals surface area contributed by atoms with Crippen LogP contribution in [0, 0.1) is 25.2 Å². The zero-order valence-corrected chi connectivity index (χ0v) is 19.0. The van der Waals surface area contributed by atoms with Crippen molar-refractivity contribution in [1.82, 2.24) is 15.1 Å². The molecule has 2 aromatic carbocycles. The predicted octanol–water partition coefficient (Wildman–Crippen LogP) is 4.57. The van der Waals surface area contributed by atoms with E-state index in [1.807, 2.05) is 63.1 Å². The maximum Gasteiger partial charge on any atom is 0.255 e. The number of benzene rings is 2.